The van der Waals surface area contributed by atoms with Crippen molar-refractivity contribution in [2.45, 2.75) is 11.8 Å². The summed E-state index contributed by atoms with van der Waals surface area (Å²) < 4.78 is 38.7. The summed E-state index contributed by atoms with van der Waals surface area (Å²) in [6, 6.07) is 20.7. The first-order valence-corrected chi connectivity index (χ1v) is 8.14. The van der Waals surface area contributed by atoms with Gasteiger partial charge in [0.2, 0.25) is 0 Å². The minimum atomic E-state index is -4.53. The largest absolute Gasteiger partial charge is 0.416 e. The molecule has 0 saturated heterocycles. The maximum absolute atomic E-state index is 13.0. The van der Waals surface area contributed by atoms with Gasteiger partial charge in [0.25, 0.3) is 5.91 Å². The predicted molar refractivity (Wildman–Crippen MR) is 96.0 cm³/mol. The van der Waals surface area contributed by atoms with Crippen molar-refractivity contribution in [3.63, 3.8) is 0 Å². The van der Waals surface area contributed by atoms with Crippen LogP contribution in [0.5, 0.6) is 0 Å². The molecule has 0 aliphatic carbocycles. The third kappa shape index (κ3) is 3.85. The first-order chi connectivity index (χ1) is 12.8. The third-order valence-electron chi connectivity index (χ3n) is 4.16. The number of nitrogens with one attached hydrogen (secondary N) is 1. The van der Waals surface area contributed by atoms with Gasteiger partial charge in [0.1, 0.15) is 0 Å². The lowest BCUT2D eigenvalue weighted by atomic mass is 9.85. The minimum absolute atomic E-state index is 0.0555. The van der Waals surface area contributed by atoms with Gasteiger partial charge in [-0.25, -0.2) is 0 Å². The van der Waals surface area contributed by atoms with Gasteiger partial charge in [-0.1, -0.05) is 66.7 Å². The Morgan fingerprint density at radius 2 is 1.22 bits per heavy atom. The lowest BCUT2D eigenvalue weighted by Crippen LogP contribution is -2.41. The van der Waals surface area contributed by atoms with Crippen LogP contribution in [0.15, 0.2) is 84.9 Å². The number of benzene rings is 3. The van der Waals surface area contributed by atoms with E-state index in [0.29, 0.717) is 11.1 Å². The van der Waals surface area contributed by atoms with Gasteiger partial charge in [0, 0.05) is 5.69 Å². The molecule has 0 heterocycles. The topological polar surface area (TPSA) is 49.3 Å². The number of anilines is 1. The molecular formula is C21H16F3NO2. The highest BCUT2D eigenvalue weighted by atomic mass is 19.4. The molecule has 1 amide bonds. The predicted octanol–water partition coefficient (Wildman–Crippen LogP) is 4.58. The van der Waals surface area contributed by atoms with Gasteiger partial charge in [0.15, 0.2) is 5.60 Å². The molecular weight excluding hydrogens is 355 g/mol. The molecule has 6 heteroatoms. The van der Waals surface area contributed by atoms with Crippen LogP contribution in [0, 0.1) is 0 Å². The highest BCUT2D eigenvalue weighted by Crippen LogP contribution is 2.33. The normalized spacial score (nSPS) is 11.9. The van der Waals surface area contributed by atoms with Crippen LogP contribution in [-0.2, 0) is 16.6 Å². The summed E-state index contributed by atoms with van der Waals surface area (Å²) in [4.78, 5) is 13.0. The number of rotatable bonds is 4. The van der Waals surface area contributed by atoms with Gasteiger partial charge < -0.3 is 10.4 Å². The summed E-state index contributed by atoms with van der Waals surface area (Å²) in [5, 5.41) is 13.7. The van der Waals surface area contributed by atoms with Crippen LogP contribution in [0.3, 0.4) is 0 Å². The maximum atomic E-state index is 13.0. The Labute approximate surface area is 154 Å². The second-order valence-corrected chi connectivity index (χ2v) is 5.98. The number of carbonyl (C=O) groups is 1. The quantitative estimate of drug-likeness (QED) is 0.705. The monoisotopic (exact) mass is 371 g/mol. The molecule has 3 aromatic rings. The summed E-state index contributed by atoms with van der Waals surface area (Å²) in [7, 11) is 0. The zero-order valence-electron chi connectivity index (χ0n) is 14.1. The van der Waals surface area contributed by atoms with Crippen molar-refractivity contribution in [3.8, 4) is 0 Å². The highest BCUT2D eigenvalue weighted by Gasteiger charge is 2.40. The van der Waals surface area contributed by atoms with Crippen LogP contribution in [-0.4, -0.2) is 11.0 Å². The fourth-order valence-corrected chi connectivity index (χ4v) is 2.78. The zero-order chi connectivity index (χ0) is 19.5. The summed E-state index contributed by atoms with van der Waals surface area (Å²) in [5.74, 6) is -0.848. The Kier molecular flexibility index (Phi) is 5.01. The SMILES string of the molecule is O=C(Nc1cccc(C(F)(F)F)c1)C(O)(c1ccccc1)c1ccccc1. The van der Waals surface area contributed by atoms with Gasteiger partial charge in [-0.3, -0.25) is 4.79 Å². The standard InChI is InChI=1S/C21H16F3NO2/c22-21(23,24)17-12-7-13-18(14-17)25-19(26)20(27,15-8-3-1-4-9-15)16-10-5-2-6-11-16/h1-14,27H,(H,25,26). The molecule has 3 aromatic carbocycles. The van der Waals surface area contributed by atoms with E-state index < -0.39 is 23.2 Å². The molecule has 0 unspecified atom stereocenters. The Balaban J connectivity index is 2.01. The fraction of sp³-hybridized carbons (Fsp3) is 0.0952. The van der Waals surface area contributed by atoms with E-state index in [1.807, 2.05) is 0 Å². The molecule has 2 N–H and O–H groups in total. The van der Waals surface area contributed by atoms with Crippen LogP contribution >= 0.6 is 0 Å². The van der Waals surface area contributed by atoms with Gasteiger partial charge in [0.05, 0.1) is 5.56 Å². The smallest absolute Gasteiger partial charge is 0.372 e. The first-order valence-electron chi connectivity index (χ1n) is 8.14. The second kappa shape index (κ2) is 7.25. The number of halogens is 3. The Bertz CT molecular complexity index is 885. The van der Waals surface area contributed by atoms with Crippen molar-refractivity contribution >= 4 is 11.6 Å². The molecule has 0 aliphatic heterocycles. The molecule has 0 radical (unpaired) electrons. The number of aliphatic hydroxyl groups is 1. The summed E-state index contributed by atoms with van der Waals surface area (Å²) in [6.45, 7) is 0. The highest BCUT2D eigenvalue weighted by molar-refractivity contribution is 6.00. The Morgan fingerprint density at radius 3 is 1.70 bits per heavy atom. The lowest BCUT2D eigenvalue weighted by Gasteiger charge is -2.28. The van der Waals surface area contributed by atoms with Gasteiger partial charge in [-0.2, -0.15) is 13.2 Å². The molecule has 0 bridgehead atoms. The lowest BCUT2D eigenvalue weighted by molar-refractivity contribution is -0.137. The molecule has 27 heavy (non-hydrogen) atoms. The van der Waals surface area contributed by atoms with Crippen LogP contribution in [0.1, 0.15) is 16.7 Å². The van der Waals surface area contributed by atoms with Gasteiger partial charge >= 0.3 is 6.18 Å². The summed E-state index contributed by atoms with van der Waals surface area (Å²) in [6.07, 6.45) is -4.53. The van der Waals surface area contributed by atoms with Crippen molar-refractivity contribution in [2.75, 3.05) is 5.32 Å². The molecule has 0 fully saturated rings. The molecule has 0 atom stereocenters. The molecule has 0 aromatic heterocycles. The third-order valence-corrected chi connectivity index (χ3v) is 4.16. The molecule has 3 rings (SSSR count). The van der Waals surface area contributed by atoms with Crippen molar-refractivity contribution in [2.24, 2.45) is 0 Å². The van der Waals surface area contributed by atoms with E-state index in [1.54, 1.807) is 60.7 Å². The molecule has 3 nitrogen and oxygen atoms in total. The average Bonchev–Trinajstić information content (AvgIpc) is 2.68. The van der Waals surface area contributed by atoms with E-state index in [1.165, 1.54) is 12.1 Å². The van der Waals surface area contributed by atoms with Crippen LogP contribution in [0.25, 0.3) is 0 Å². The number of alkyl halides is 3. The van der Waals surface area contributed by atoms with E-state index in [0.717, 1.165) is 12.1 Å². The summed E-state index contributed by atoms with van der Waals surface area (Å²) in [5.41, 5.74) is -2.39. The summed E-state index contributed by atoms with van der Waals surface area (Å²) >= 11 is 0. The second-order valence-electron chi connectivity index (χ2n) is 5.98. The van der Waals surface area contributed by atoms with E-state index in [-0.39, 0.29) is 5.69 Å². The van der Waals surface area contributed by atoms with Crippen molar-refractivity contribution in [1.29, 1.82) is 0 Å². The van der Waals surface area contributed by atoms with Gasteiger partial charge in [-0.15, -0.1) is 0 Å². The van der Waals surface area contributed by atoms with E-state index in [4.69, 9.17) is 0 Å². The minimum Gasteiger partial charge on any atom is -0.372 e. The van der Waals surface area contributed by atoms with Crippen molar-refractivity contribution in [1.82, 2.24) is 0 Å². The van der Waals surface area contributed by atoms with E-state index >= 15 is 0 Å². The van der Waals surface area contributed by atoms with Crippen LogP contribution in [0.2, 0.25) is 0 Å². The maximum Gasteiger partial charge on any atom is 0.416 e. The van der Waals surface area contributed by atoms with Crippen LogP contribution in [0.4, 0.5) is 18.9 Å². The molecule has 138 valence electrons. The number of amides is 1. The molecule has 0 saturated carbocycles. The van der Waals surface area contributed by atoms with E-state index in [9.17, 15) is 23.1 Å². The number of hydrogen-bond acceptors (Lipinski definition) is 2. The number of hydrogen-bond donors (Lipinski definition) is 2. The Hall–Kier alpha value is -3.12. The Morgan fingerprint density at radius 1 is 0.741 bits per heavy atom. The molecule has 0 spiro atoms. The molecule has 0 aliphatic rings. The first kappa shape index (κ1) is 18.7. The van der Waals surface area contributed by atoms with Crippen molar-refractivity contribution < 1.29 is 23.1 Å². The van der Waals surface area contributed by atoms with Gasteiger partial charge in [-0.05, 0) is 29.3 Å². The van der Waals surface area contributed by atoms with E-state index in [2.05, 4.69) is 5.32 Å². The zero-order valence-corrected chi connectivity index (χ0v) is 14.1. The average molecular weight is 371 g/mol. The number of carbonyl (C=O) groups excluding carboxylic acids is 1. The van der Waals surface area contributed by atoms with Crippen LogP contribution < -0.4 is 5.32 Å². The van der Waals surface area contributed by atoms with Crippen molar-refractivity contribution in [3.05, 3.63) is 102 Å². The fourth-order valence-electron chi connectivity index (χ4n) is 2.78.